The van der Waals surface area contributed by atoms with Gasteiger partial charge >= 0.3 is 0 Å². The summed E-state index contributed by atoms with van der Waals surface area (Å²) in [5.74, 6) is 0.376. The van der Waals surface area contributed by atoms with Crippen molar-refractivity contribution < 1.29 is 18.7 Å². The molecule has 1 atom stereocenters. The summed E-state index contributed by atoms with van der Waals surface area (Å²) in [4.78, 5) is 12.2. The Hall–Kier alpha value is -2.56. The number of carbonyl (C=O) groups is 1. The Morgan fingerprint density at radius 1 is 1.18 bits per heavy atom. The molecular weight excluding hydrogens is 285 g/mol. The molecule has 1 N–H and O–H groups in total. The van der Waals surface area contributed by atoms with Crippen molar-refractivity contribution in [2.24, 2.45) is 0 Å². The Kier molecular flexibility index (Phi) is 5.36. The molecule has 4 nitrogen and oxygen atoms in total. The van der Waals surface area contributed by atoms with Gasteiger partial charge in [-0.05, 0) is 50.2 Å². The van der Waals surface area contributed by atoms with Crippen molar-refractivity contribution in [2.45, 2.75) is 20.0 Å². The van der Waals surface area contributed by atoms with Crippen molar-refractivity contribution >= 4 is 11.6 Å². The lowest BCUT2D eigenvalue weighted by molar-refractivity contribution is -0.122. The molecule has 0 aliphatic rings. The molecule has 0 fully saturated rings. The van der Waals surface area contributed by atoms with E-state index in [1.54, 1.807) is 19.1 Å². The van der Waals surface area contributed by atoms with E-state index in [0.717, 1.165) is 0 Å². The van der Waals surface area contributed by atoms with Crippen LogP contribution in [0.2, 0.25) is 0 Å². The number of anilines is 1. The molecule has 5 heteroatoms. The predicted molar refractivity (Wildman–Crippen MR) is 82.7 cm³/mol. The first kappa shape index (κ1) is 15.8. The zero-order valence-corrected chi connectivity index (χ0v) is 12.5. The fourth-order valence-corrected chi connectivity index (χ4v) is 1.86. The summed E-state index contributed by atoms with van der Waals surface area (Å²) in [5, 5.41) is 2.76. The van der Waals surface area contributed by atoms with Crippen LogP contribution in [0.25, 0.3) is 0 Å². The predicted octanol–water partition coefficient (Wildman–Crippen LogP) is 3.63. The molecule has 0 radical (unpaired) electrons. The van der Waals surface area contributed by atoms with Crippen LogP contribution in [-0.4, -0.2) is 18.6 Å². The van der Waals surface area contributed by atoms with Crippen LogP contribution in [0.15, 0.2) is 48.5 Å². The summed E-state index contributed by atoms with van der Waals surface area (Å²) in [7, 11) is 0. The third kappa shape index (κ3) is 4.22. The highest BCUT2D eigenvalue weighted by Gasteiger charge is 2.16. The van der Waals surface area contributed by atoms with Crippen molar-refractivity contribution in [1.29, 1.82) is 0 Å². The van der Waals surface area contributed by atoms with E-state index in [9.17, 15) is 9.18 Å². The topological polar surface area (TPSA) is 47.6 Å². The number of rotatable bonds is 6. The van der Waals surface area contributed by atoms with Gasteiger partial charge in [0.15, 0.2) is 6.10 Å². The van der Waals surface area contributed by atoms with E-state index in [1.165, 1.54) is 24.3 Å². The van der Waals surface area contributed by atoms with E-state index in [-0.39, 0.29) is 11.7 Å². The lowest BCUT2D eigenvalue weighted by atomic mass is 10.2. The van der Waals surface area contributed by atoms with E-state index in [4.69, 9.17) is 9.47 Å². The summed E-state index contributed by atoms with van der Waals surface area (Å²) in [6, 6.07) is 12.7. The van der Waals surface area contributed by atoms with Crippen molar-refractivity contribution in [1.82, 2.24) is 0 Å². The summed E-state index contributed by atoms with van der Waals surface area (Å²) in [6.07, 6.45) is -0.722. The molecule has 0 saturated carbocycles. The van der Waals surface area contributed by atoms with Gasteiger partial charge in [0.2, 0.25) is 0 Å². The maximum atomic E-state index is 12.8. The van der Waals surface area contributed by atoms with Crippen LogP contribution in [0.5, 0.6) is 11.5 Å². The Bertz CT molecular complexity index is 628. The van der Waals surface area contributed by atoms with Crippen LogP contribution in [0.1, 0.15) is 13.8 Å². The SMILES string of the molecule is CCOc1ccccc1NC(=O)[C@@H](C)Oc1ccc(F)cc1. The minimum absolute atomic E-state index is 0.309. The van der Waals surface area contributed by atoms with E-state index < -0.39 is 6.10 Å². The summed E-state index contributed by atoms with van der Waals surface area (Å²) >= 11 is 0. The third-order valence-corrected chi connectivity index (χ3v) is 2.94. The maximum absolute atomic E-state index is 12.8. The number of benzene rings is 2. The Balaban J connectivity index is 2.01. The number of carbonyl (C=O) groups excluding carboxylic acids is 1. The summed E-state index contributed by atoms with van der Waals surface area (Å²) in [6.45, 7) is 4.01. The van der Waals surface area contributed by atoms with Crippen LogP contribution in [-0.2, 0) is 4.79 Å². The van der Waals surface area contributed by atoms with Gasteiger partial charge in [0.25, 0.3) is 5.91 Å². The minimum atomic E-state index is -0.722. The number of nitrogens with one attached hydrogen (secondary N) is 1. The molecule has 0 aliphatic carbocycles. The van der Waals surface area contributed by atoms with Crippen molar-refractivity contribution in [3.05, 3.63) is 54.3 Å². The van der Waals surface area contributed by atoms with Crippen LogP contribution in [0.4, 0.5) is 10.1 Å². The average Bonchev–Trinajstić information content (AvgIpc) is 2.51. The molecule has 0 aliphatic heterocycles. The lowest BCUT2D eigenvalue weighted by Gasteiger charge is -2.16. The van der Waals surface area contributed by atoms with E-state index in [2.05, 4.69) is 5.32 Å². The molecule has 2 rings (SSSR count). The monoisotopic (exact) mass is 303 g/mol. The summed E-state index contributed by atoms with van der Waals surface area (Å²) in [5.41, 5.74) is 0.587. The zero-order chi connectivity index (χ0) is 15.9. The summed E-state index contributed by atoms with van der Waals surface area (Å²) < 4.78 is 23.8. The lowest BCUT2D eigenvalue weighted by Crippen LogP contribution is -2.30. The van der Waals surface area contributed by atoms with Gasteiger partial charge in [0, 0.05) is 0 Å². The molecule has 2 aromatic carbocycles. The minimum Gasteiger partial charge on any atom is -0.492 e. The first-order chi connectivity index (χ1) is 10.6. The number of halogens is 1. The Morgan fingerprint density at radius 3 is 2.55 bits per heavy atom. The highest BCUT2D eigenvalue weighted by atomic mass is 19.1. The Morgan fingerprint density at radius 2 is 1.86 bits per heavy atom. The van der Waals surface area contributed by atoms with Crippen LogP contribution in [0, 0.1) is 5.82 Å². The molecule has 0 aromatic heterocycles. The van der Waals surface area contributed by atoms with Crippen molar-refractivity contribution in [3.8, 4) is 11.5 Å². The second-order valence-electron chi connectivity index (χ2n) is 4.63. The smallest absolute Gasteiger partial charge is 0.265 e. The molecule has 0 spiro atoms. The largest absolute Gasteiger partial charge is 0.492 e. The number of amides is 1. The van der Waals surface area contributed by atoms with Gasteiger partial charge < -0.3 is 14.8 Å². The van der Waals surface area contributed by atoms with Crippen LogP contribution >= 0.6 is 0 Å². The fourth-order valence-electron chi connectivity index (χ4n) is 1.86. The number of para-hydroxylation sites is 2. The number of hydrogen-bond donors (Lipinski definition) is 1. The molecule has 2 aromatic rings. The van der Waals surface area contributed by atoms with Crippen molar-refractivity contribution in [3.63, 3.8) is 0 Å². The van der Waals surface area contributed by atoms with E-state index in [0.29, 0.717) is 23.8 Å². The van der Waals surface area contributed by atoms with E-state index >= 15 is 0 Å². The first-order valence-corrected chi connectivity index (χ1v) is 7.05. The highest BCUT2D eigenvalue weighted by Crippen LogP contribution is 2.24. The fraction of sp³-hybridized carbons (Fsp3) is 0.235. The average molecular weight is 303 g/mol. The third-order valence-electron chi connectivity index (χ3n) is 2.94. The molecule has 1 amide bonds. The van der Waals surface area contributed by atoms with Gasteiger partial charge in [0.1, 0.15) is 17.3 Å². The normalized spacial score (nSPS) is 11.6. The quantitative estimate of drug-likeness (QED) is 0.886. The van der Waals surface area contributed by atoms with Gasteiger partial charge in [-0.15, -0.1) is 0 Å². The van der Waals surface area contributed by atoms with Gasteiger partial charge in [-0.1, -0.05) is 12.1 Å². The molecular formula is C17H18FNO3. The van der Waals surface area contributed by atoms with Gasteiger partial charge in [-0.2, -0.15) is 0 Å². The number of hydrogen-bond acceptors (Lipinski definition) is 3. The molecule has 0 unspecified atom stereocenters. The second kappa shape index (κ2) is 7.45. The van der Waals surface area contributed by atoms with Gasteiger partial charge in [-0.25, -0.2) is 4.39 Å². The van der Waals surface area contributed by atoms with Gasteiger partial charge in [0.05, 0.1) is 12.3 Å². The zero-order valence-electron chi connectivity index (χ0n) is 12.5. The van der Waals surface area contributed by atoms with Crippen molar-refractivity contribution in [2.75, 3.05) is 11.9 Å². The Labute approximate surface area is 128 Å². The highest BCUT2D eigenvalue weighted by molar-refractivity contribution is 5.95. The first-order valence-electron chi connectivity index (χ1n) is 7.05. The molecule has 22 heavy (non-hydrogen) atoms. The van der Waals surface area contributed by atoms with Crippen LogP contribution in [0.3, 0.4) is 0 Å². The molecule has 0 heterocycles. The standard InChI is InChI=1S/C17H18FNO3/c1-3-21-16-7-5-4-6-15(16)19-17(20)12(2)22-14-10-8-13(18)9-11-14/h4-12H,3H2,1-2H3,(H,19,20)/t12-/m1/s1. The molecule has 116 valence electrons. The van der Waals surface area contributed by atoms with E-state index in [1.807, 2.05) is 19.1 Å². The number of ether oxygens (including phenoxy) is 2. The molecule has 0 saturated heterocycles. The van der Waals surface area contributed by atoms with Gasteiger partial charge in [-0.3, -0.25) is 4.79 Å². The van der Waals surface area contributed by atoms with Crippen LogP contribution < -0.4 is 14.8 Å². The molecule has 0 bridgehead atoms. The maximum Gasteiger partial charge on any atom is 0.265 e. The second-order valence-corrected chi connectivity index (χ2v) is 4.63.